The predicted octanol–water partition coefficient (Wildman–Crippen LogP) is 0.647. The summed E-state index contributed by atoms with van der Waals surface area (Å²) in [5.41, 5.74) is 2.56. The number of carbonyl (C=O) groups excluding carboxylic acids is 2. The number of H-pyrrole nitrogens is 2. The number of amides is 1. The zero-order valence-corrected chi connectivity index (χ0v) is 17.2. The summed E-state index contributed by atoms with van der Waals surface area (Å²) in [5, 5.41) is 9.97. The van der Waals surface area contributed by atoms with Gasteiger partial charge in [0.2, 0.25) is 5.91 Å². The molecule has 2 heterocycles. The van der Waals surface area contributed by atoms with E-state index in [0.29, 0.717) is 11.3 Å². The Morgan fingerprint density at radius 1 is 1.30 bits per heavy atom. The van der Waals surface area contributed by atoms with Gasteiger partial charge in [-0.3, -0.25) is 14.7 Å². The third kappa shape index (κ3) is 3.60. The Hall–Kier alpha value is -3.42. The highest BCUT2D eigenvalue weighted by molar-refractivity contribution is 5.86. The highest BCUT2D eigenvalue weighted by Crippen LogP contribution is 2.47. The Bertz CT molecular complexity index is 1230. The normalized spacial score (nSPS) is 18.5. The number of benzene rings is 1. The molecule has 8 heteroatoms. The summed E-state index contributed by atoms with van der Waals surface area (Å²) in [7, 11) is 1.29. The zero-order chi connectivity index (χ0) is 21.5. The lowest BCUT2D eigenvalue weighted by Crippen LogP contribution is -2.41. The second-order valence-corrected chi connectivity index (χ2v) is 8.05. The Morgan fingerprint density at radius 3 is 2.70 bits per heavy atom. The molecule has 1 aliphatic carbocycles. The van der Waals surface area contributed by atoms with Crippen molar-refractivity contribution in [2.45, 2.75) is 44.6 Å². The minimum atomic E-state index is -0.850. The van der Waals surface area contributed by atoms with Gasteiger partial charge in [0.05, 0.1) is 29.4 Å². The minimum absolute atomic E-state index is 0.0398. The van der Waals surface area contributed by atoms with Gasteiger partial charge >= 0.3 is 5.97 Å². The van der Waals surface area contributed by atoms with Crippen LogP contribution in [0.25, 0.3) is 11.6 Å². The second-order valence-electron chi connectivity index (χ2n) is 8.05. The Labute approximate surface area is 172 Å². The maximum Gasteiger partial charge on any atom is 0.328 e. The number of hydrogen-bond acceptors (Lipinski definition) is 5. The van der Waals surface area contributed by atoms with Crippen molar-refractivity contribution in [2.75, 3.05) is 7.11 Å². The van der Waals surface area contributed by atoms with Crippen LogP contribution >= 0.6 is 0 Å². The van der Waals surface area contributed by atoms with Crippen molar-refractivity contribution >= 4 is 23.5 Å². The Kier molecular flexibility index (Phi) is 4.93. The zero-order valence-electron chi connectivity index (χ0n) is 17.2. The number of nitrogens with zero attached hydrogens (tertiary/aromatic N) is 1. The molecule has 0 radical (unpaired) electrons. The van der Waals surface area contributed by atoms with E-state index in [-0.39, 0.29) is 23.3 Å². The van der Waals surface area contributed by atoms with E-state index in [4.69, 9.17) is 9.73 Å². The Morgan fingerprint density at radius 2 is 2.03 bits per heavy atom. The van der Waals surface area contributed by atoms with E-state index in [1.165, 1.54) is 14.0 Å². The molecule has 2 aromatic rings. The van der Waals surface area contributed by atoms with Crippen LogP contribution in [-0.2, 0) is 19.7 Å². The number of hydrogen-bond donors (Lipinski definition) is 3. The average molecular weight is 408 g/mol. The van der Waals surface area contributed by atoms with Crippen molar-refractivity contribution in [3.63, 3.8) is 0 Å². The second kappa shape index (κ2) is 7.44. The lowest BCUT2D eigenvalue weighted by Gasteiger charge is -2.16. The summed E-state index contributed by atoms with van der Waals surface area (Å²) in [4.78, 5) is 41.1. The van der Waals surface area contributed by atoms with E-state index in [0.717, 1.165) is 34.7 Å². The number of rotatable bonds is 6. The number of para-hydroxylation sites is 1. The molecule has 30 heavy (non-hydrogen) atoms. The van der Waals surface area contributed by atoms with Crippen LogP contribution < -0.4 is 21.5 Å². The van der Waals surface area contributed by atoms with Gasteiger partial charge in [0.15, 0.2) is 0 Å². The third-order valence-electron chi connectivity index (χ3n) is 5.75. The van der Waals surface area contributed by atoms with Gasteiger partial charge in [-0.05, 0) is 30.6 Å². The van der Waals surface area contributed by atoms with Gasteiger partial charge in [0, 0.05) is 24.0 Å². The van der Waals surface area contributed by atoms with Crippen LogP contribution in [0.5, 0.6) is 0 Å². The number of carbonyl (C=O) groups is 2. The van der Waals surface area contributed by atoms with Crippen molar-refractivity contribution in [2.24, 2.45) is 4.99 Å². The van der Waals surface area contributed by atoms with Crippen molar-refractivity contribution in [3.05, 3.63) is 62.1 Å². The fourth-order valence-electron chi connectivity index (χ4n) is 3.84. The summed E-state index contributed by atoms with van der Waals surface area (Å²) in [6.07, 6.45) is 3.99. The molecule has 0 bridgehead atoms. The maximum atomic E-state index is 12.5. The summed E-state index contributed by atoms with van der Waals surface area (Å²) < 4.78 is 4.87. The third-order valence-corrected chi connectivity index (χ3v) is 5.75. The summed E-state index contributed by atoms with van der Waals surface area (Å²) in [5.74, 6) is -0.863. The van der Waals surface area contributed by atoms with Crippen LogP contribution in [0.2, 0.25) is 0 Å². The molecule has 1 aliphatic heterocycles. The topological polar surface area (TPSA) is 116 Å². The number of ether oxygens (including phenoxy) is 1. The van der Waals surface area contributed by atoms with Crippen LogP contribution in [-0.4, -0.2) is 35.2 Å². The molecule has 3 N–H and O–H groups in total. The van der Waals surface area contributed by atoms with Crippen LogP contribution in [0.1, 0.15) is 44.4 Å². The van der Waals surface area contributed by atoms with Gasteiger partial charge in [0.1, 0.15) is 6.04 Å². The number of methoxy groups -OCH3 is 1. The number of nitrogens with one attached hydrogen (secondary N) is 3. The van der Waals surface area contributed by atoms with Crippen molar-refractivity contribution < 1.29 is 14.3 Å². The monoisotopic (exact) mass is 408 g/mol. The fraction of sp³-hybridized carbons (Fsp3) is 0.364. The number of aromatic amines is 2. The van der Waals surface area contributed by atoms with E-state index in [2.05, 4.69) is 22.4 Å². The van der Waals surface area contributed by atoms with Crippen LogP contribution in [0, 0.1) is 0 Å². The van der Waals surface area contributed by atoms with E-state index in [9.17, 15) is 14.4 Å². The van der Waals surface area contributed by atoms with Gasteiger partial charge in [-0.15, -0.1) is 0 Å². The lowest BCUT2D eigenvalue weighted by molar-refractivity contribution is -0.144. The standard InChI is InChI=1S/C22H24N4O4/c1-12(27)23-18(21(29)30-3)10-14-13-6-4-5-7-16(13)24-17(14)11-15-19(22(2)8-9-22)25-26-20(15)28/h4-7,11,18H,8-10H2,1-3H3,(H,23,27)(H2,25,26,28). The molecule has 1 aromatic carbocycles. The summed E-state index contributed by atoms with van der Waals surface area (Å²) >= 11 is 0. The number of aromatic nitrogens is 2. The first-order valence-electron chi connectivity index (χ1n) is 9.87. The molecule has 1 atom stereocenters. The van der Waals surface area contributed by atoms with Crippen molar-refractivity contribution in [1.82, 2.24) is 15.5 Å². The first-order valence-corrected chi connectivity index (χ1v) is 9.87. The lowest BCUT2D eigenvalue weighted by atomic mass is 9.97. The van der Waals surface area contributed by atoms with Gasteiger partial charge in [-0.2, -0.15) is 0 Å². The van der Waals surface area contributed by atoms with Crippen molar-refractivity contribution in [3.8, 4) is 0 Å². The number of allylic oxidation sites excluding steroid dienone is 1. The molecule has 1 fully saturated rings. The first kappa shape index (κ1) is 19.9. The van der Waals surface area contributed by atoms with Crippen molar-refractivity contribution in [1.29, 1.82) is 0 Å². The molecule has 8 nitrogen and oxygen atoms in total. The molecular formula is C22H24N4O4. The molecule has 156 valence electrons. The van der Waals surface area contributed by atoms with Gasteiger partial charge in [-0.25, -0.2) is 9.79 Å². The molecule has 0 spiro atoms. The molecule has 4 rings (SSSR count). The molecular weight excluding hydrogens is 384 g/mol. The van der Waals surface area contributed by atoms with E-state index < -0.39 is 12.0 Å². The molecule has 0 saturated heterocycles. The van der Waals surface area contributed by atoms with Gasteiger partial charge in [-0.1, -0.05) is 25.1 Å². The first-order chi connectivity index (χ1) is 14.3. The largest absolute Gasteiger partial charge is 0.467 e. The summed E-state index contributed by atoms with van der Waals surface area (Å²) in [6.45, 7) is 3.47. The fourth-order valence-corrected chi connectivity index (χ4v) is 3.84. The molecule has 1 saturated carbocycles. The summed E-state index contributed by atoms with van der Waals surface area (Å²) in [6, 6.07) is 6.72. The smallest absolute Gasteiger partial charge is 0.328 e. The highest BCUT2D eigenvalue weighted by Gasteiger charge is 2.42. The molecule has 1 aromatic heterocycles. The van der Waals surface area contributed by atoms with E-state index in [1.807, 2.05) is 24.3 Å². The van der Waals surface area contributed by atoms with E-state index >= 15 is 0 Å². The Balaban J connectivity index is 1.81. The predicted molar refractivity (Wildman–Crippen MR) is 111 cm³/mol. The molecule has 1 amide bonds. The molecule has 1 unspecified atom stereocenters. The minimum Gasteiger partial charge on any atom is -0.467 e. The van der Waals surface area contributed by atoms with Gasteiger partial charge < -0.3 is 15.2 Å². The maximum absolute atomic E-state index is 12.5. The average Bonchev–Trinajstić information content (AvgIpc) is 3.21. The number of fused-ring (bicyclic) bond motifs is 1. The number of esters is 1. The molecule has 2 aliphatic rings. The quantitative estimate of drug-likeness (QED) is 0.609. The van der Waals surface area contributed by atoms with Gasteiger partial charge in [0.25, 0.3) is 5.56 Å². The SMILES string of the molecule is COC(=O)C(CC1=c2ccccc2=NC1=Cc1c(C2(C)CC2)[nH][nH]c1=O)NC(C)=O. The van der Waals surface area contributed by atoms with E-state index in [1.54, 1.807) is 6.08 Å². The highest BCUT2D eigenvalue weighted by atomic mass is 16.5. The van der Waals surface area contributed by atoms with Crippen LogP contribution in [0.15, 0.2) is 39.7 Å². The van der Waals surface area contributed by atoms with Crippen LogP contribution in [0.3, 0.4) is 0 Å². The van der Waals surface area contributed by atoms with Crippen LogP contribution in [0.4, 0.5) is 0 Å².